The molecular weight excluding hydrogens is 414 g/mol. The van der Waals surface area contributed by atoms with Gasteiger partial charge in [0.25, 0.3) is 5.91 Å². The van der Waals surface area contributed by atoms with E-state index in [1.807, 2.05) is 24.3 Å². The Balaban J connectivity index is 1.30. The zero-order valence-electron chi connectivity index (χ0n) is 20.1. The third-order valence-corrected chi connectivity index (χ3v) is 6.60. The molecule has 33 heavy (non-hydrogen) atoms. The maximum Gasteiger partial charge on any atom is 0.255 e. The fraction of sp³-hybridized carbons (Fsp3) is 0.519. The molecule has 0 radical (unpaired) electrons. The zero-order chi connectivity index (χ0) is 23.2. The fourth-order valence-corrected chi connectivity index (χ4v) is 4.88. The number of carbonyl (C=O) groups is 1. The van der Waals surface area contributed by atoms with Gasteiger partial charge in [0.2, 0.25) is 0 Å². The lowest BCUT2D eigenvalue weighted by Crippen LogP contribution is -2.42. The van der Waals surface area contributed by atoms with Crippen molar-refractivity contribution >= 4 is 17.3 Å². The molecule has 2 fully saturated rings. The summed E-state index contributed by atoms with van der Waals surface area (Å²) in [4.78, 5) is 17.7. The van der Waals surface area contributed by atoms with E-state index in [4.69, 9.17) is 9.47 Å². The molecule has 2 aliphatic heterocycles. The van der Waals surface area contributed by atoms with Crippen molar-refractivity contribution in [3.63, 3.8) is 0 Å². The normalized spacial score (nSPS) is 21.0. The van der Waals surface area contributed by atoms with E-state index < -0.39 is 0 Å². The van der Waals surface area contributed by atoms with E-state index in [1.165, 1.54) is 31.5 Å². The van der Waals surface area contributed by atoms with Crippen LogP contribution in [0.4, 0.5) is 11.4 Å². The molecule has 0 aliphatic carbocycles. The van der Waals surface area contributed by atoms with Crippen molar-refractivity contribution in [1.82, 2.24) is 4.90 Å². The Bertz CT molecular complexity index is 898. The summed E-state index contributed by atoms with van der Waals surface area (Å²) in [5, 5.41) is 3.00. The van der Waals surface area contributed by atoms with Crippen LogP contribution in [0.15, 0.2) is 48.5 Å². The van der Waals surface area contributed by atoms with Crippen molar-refractivity contribution in [3.8, 4) is 5.75 Å². The number of hydrogen-bond donors (Lipinski definition) is 1. The predicted octanol–water partition coefficient (Wildman–Crippen LogP) is 4.66. The molecule has 2 aromatic rings. The van der Waals surface area contributed by atoms with Crippen LogP contribution in [-0.4, -0.2) is 62.8 Å². The SMILES string of the molecule is COCC1CCCN1C1CCN(c2ccc(NC(=O)c3ccc(OCC(C)C)cc3)cc2)C1. The molecule has 1 N–H and O–H groups in total. The first-order valence-electron chi connectivity index (χ1n) is 12.2. The summed E-state index contributed by atoms with van der Waals surface area (Å²) in [5.41, 5.74) is 2.64. The highest BCUT2D eigenvalue weighted by Crippen LogP contribution is 2.29. The lowest BCUT2D eigenvalue weighted by molar-refractivity contribution is 0.0943. The average Bonchev–Trinajstić information content (AvgIpc) is 3.48. The molecule has 0 spiro atoms. The molecule has 2 aliphatic rings. The summed E-state index contributed by atoms with van der Waals surface area (Å²) in [6.07, 6.45) is 3.70. The summed E-state index contributed by atoms with van der Waals surface area (Å²) in [7, 11) is 1.80. The highest BCUT2D eigenvalue weighted by atomic mass is 16.5. The number of amides is 1. The van der Waals surface area contributed by atoms with Gasteiger partial charge in [-0.05, 0) is 80.3 Å². The van der Waals surface area contributed by atoms with E-state index in [0.29, 0.717) is 30.2 Å². The number of benzene rings is 2. The minimum atomic E-state index is -0.113. The number of nitrogens with zero attached hydrogens (tertiary/aromatic N) is 2. The first kappa shape index (κ1) is 23.6. The quantitative estimate of drug-likeness (QED) is 0.601. The van der Waals surface area contributed by atoms with Gasteiger partial charge in [0, 0.05) is 49.2 Å². The van der Waals surface area contributed by atoms with E-state index in [0.717, 1.165) is 31.1 Å². The smallest absolute Gasteiger partial charge is 0.255 e. The standard InChI is InChI=1S/C27H37N3O3/c1-20(2)18-33-26-12-6-21(7-13-26)27(31)28-22-8-10-23(11-9-22)29-16-14-24(17-29)30-15-4-5-25(30)19-32-3/h6-13,20,24-25H,4-5,14-19H2,1-3H3,(H,28,31). The van der Waals surface area contributed by atoms with Crippen molar-refractivity contribution in [2.75, 3.05) is 50.2 Å². The minimum Gasteiger partial charge on any atom is -0.493 e. The number of hydrogen-bond acceptors (Lipinski definition) is 5. The van der Waals surface area contributed by atoms with Crippen molar-refractivity contribution in [2.24, 2.45) is 5.92 Å². The Labute approximate surface area is 197 Å². The van der Waals surface area contributed by atoms with Gasteiger partial charge in [-0.2, -0.15) is 0 Å². The number of likely N-dealkylation sites (tertiary alicyclic amines) is 1. The molecule has 6 heteroatoms. The van der Waals surface area contributed by atoms with Gasteiger partial charge in [0.1, 0.15) is 5.75 Å². The third-order valence-electron chi connectivity index (χ3n) is 6.60. The maximum atomic E-state index is 12.6. The summed E-state index contributed by atoms with van der Waals surface area (Å²) in [6.45, 7) is 9.03. The first-order valence-corrected chi connectivity index (χ1v) is 12.2. The molecule has 0 bridgehead atoms. The molecule has 2 aromatic carbocycles. The average molecular weight is 452 g/mol. The van der Waals surface area contributed by atoms with Gasteiger partial charge in [-0.15, -0.1) is 0 Å². The van der Waals surface area contributed by atoms with Crippen LogP contribution in [0.5, 0.6) is 5.75 Å². The largest absolute Gasteiger partial charge is 0.493 e. The molecule has 2 atom stereocenters. The maximum absolute atomic E-state index is 12.6. The van der Waals surface area contributed by atoms with Crippen LogP contribution in [-0.2, 0) is 4.74 Å². The van der Waals surface area contributed by atoms with E-state index >= 15 is 0 Å². The van der Waals surface area contributed by atoms with E-state index in [2.05, 4.69) is 41.1 Å². The summed E-state index contributed by atoms with van der Waals surface area (Å²) in [6, 6.07) is 16.7. The van der Waals surface area contributed by atoms with Crippen LogP contribution in [0, 0.1) is 5.92 Å². The van der Waals surface area contributed by atoms with Crippen LogP contribution in [0.25, 0.3) is 0 Å². The van der Waals surface area contributed by atoms with E-state index in [9.17, 15) is 4.79 Å². The molecule has 4 rings (SSSR count). The monoisotopic (exact) mass is 451 g/mol. The van der Waals surface area contributed by atoms with Crippen LogP contribution < -0.4 is 15.0 Å². The lowest BCUT2D eigenvalue weighted by atomic mass is 10.2. The molecule has 0 saturated carbocycles. The summed E-state index contributed by atoms with van der Waals surface area (Å²) in [5.74, 6) is 1.14. The van der Waals surface area contributed by atoms with E-state index in [-0.39, 0.29) is 5.91 Å². The predicted molar refractivity (Wildman–Crippen MR) is 133 cm³/mol. The van der Waals surface area contributed by atoms with Crippen LogP contribution in [0.3, 0.4) is 0 Å². The fourth-order valence-electron chi connectivity index (χ4n) is 4.88. The minimum absolute atomic E-state index is 0.113. The number of anilines is 2. The van der Waals surface area contributed by atoms with Crippen LogP contribution in [0.2, 0.25) is 0 Å². The number of ether oxygens (including phenoxy) is 2. The molecule has 2 saturated heterocycles. The Kier molecular flexibility index (Phi) is 7.89. The van der Waals surface area contributed by atoms with Crippen molar-refractivity contribution < 1.29 is 14.3 Å². The second-order valence-electron chi connectivity index (χ2n) is 9.61. The van der Waals surface area contributed by atoms with Gasteiger partial charge in [0.05, 0.1) is 13.2 Å². The Hall–Kier alpha value is -2.57. The van der Waals surface area contributed by atoms with Gasteiger partial charge >= 0.3 is 0 Å². The first-order chi connectivity index (χ1) is 16.0. The van der Waals surface area contributed by atoms with Crippen LogP contribution >= 0.6 is 0 Å². The second-order valence-corrected chi connectivity index (χ2v) is 9.61. The van der Waals surface area contributed by atoms with Gasteiger partial charge in [-0.25, -0.2) is 0 Å². The van der Waals surface area contributed by atoms with Crippen molar-refractivity contribution in [2.45, 2.75) is 45.2 Å². The molecule has 2 heterocycles. The number of carbonyl (C=O) groups excluding carboxylic acids is 1. The number of nitrogens with one attached hydrogen (secondary N) is 1. The Morgan fingerprint density at radius 2 is 1.82 bits per heavy atom. The van der Waals surface area contributed by atoms with Gasteiger partial charge < -0.3 is 19.7 Å². The molecule has 6 nitrogen and oxygen atoms in total. The molecule has 178 valence electrons. The molecule has 2 unspecified atom stereocenters. The highest BCUT2D eigenvalue weighted by molar-refractivity contribution is 6.04. The lowest BCUT2D eigenvalue weighted by Gasteiger charge is -2.30. The number of methoxy groups -OCH3 is 1. The van der Waals surface area contributed by atoms with Gasteiger partial charge in [-0.3, -0.25) is 9.69 Å². The topological polar surface area (TPSA) is 54.0 Å². The molecule has 1 amide bonds. The van der Waals surface area contributed by atoms with E-state index in [1.54, 1.807) is 19.2 Å². The summed E-state index contributed by atoms with van der Waals surface area (Å²) < 4.78 is 11.1. The summed E-state index contributed by atoms with van der Waals surface area (Å²) >= 11 is 0. The van der Waals surface area contributed by atoms with Gasteiger partial charge in [0.15, 0.2) is 0 Å². The zero-order valence-corrected chi connectivity index (χ0v) is 20.1. The van der Waals surface area contributed by atoms with Crippen LogP contribution in [0.1, 0.15) is 43.5 Å². The van der Waals surface area contributed by atoms with Crippen molar-refractivity contribution in [3.05, 3.63) is 54.1 Å². The number of rotatable bonds is 9. The van der Waals surface area contributed by atoms with Crippen molar-refractivity contribution in [1.29, 1.82) is 0 Å². The second kappa shape index (κ2) is 11.0. The molecular formula is C27H37N3O3. The third kappa shape index (κ3) is 6.06. The Morgan fingerprint density at radius 1 is 1.06 bits per heavy atom. The highest BCUT2D eigenvalue weighted by Gasteiger charge is 2.34. The molecule has 0 aromatic heterocycles. The van der Waals surface area contributed by atoms with Gasteiger partial charge in [-0.1, -0.05) is 13.8 Å². The Morgan fingerprint density at radius 3 is 2.52 bits per heavy atom.